The van der Waals surface area contributed by atoms with E-state index in [-0.39, 0.29) is 0 Å². The normalized spacial score (nSPS) is 15.1. The molecule has 0 amide bonds. The second kappa shape index (κ2) is 4.04. The summed E-state index contributed by atoms with van der Waals surface area (Å²) in [6.07, 6.45) is 3.40. The maximum atomic E-state index is 4.52. The third kappa shape index (κ3) is 2.19. The van der Waals surface area contributed by atoms with Crippen molar-refractivity contribution in [1.29, 1.82) is 0 Å². The molecule has 0 saturated heterocycles. The number of aromatic nitrogens is 2. The number of hydrogen-bond donors (Lipinski definition) is 2. The van der Waals surface area contributed by atoms with E-state index in [1.807, 2.05) is 7.05 Å². The first-order valence-corrected chi connectivity index (χ1v) is 5.56. The summed E-state index contributed by atoms with van der Waals surface area (Å²) in [5.41, 5.74) is 1.11. The lowest BCUT2D eigenvalue weighted by atomic mass is 10.3. The molecule has 4 heteroatoms. The van der Waals surface area contributed by atoms with E-state index >= 15 is 0 Å². The largest absolute Gasteiger partial charge is 0.373 e. The van der Waals surface area contributed by atoms with Crippen LogP contribution in [0.25, 0.3) is 0 Å². The third-order valence-electron chi connectivity index (χ3n) is 2.66. The minimum absolute atomic E-state index is 0.632. The Morgan fingerprint density at radius 1 is 1.27 bits per heavy atom. The summed E-state index contributed by atoms with van der Waals surface area (Å²) in [6, 6.07) is 0.632. The molecule has 0 bridgehead atoms. The van der Waals surface area contributed by atoms with Crippen molar-refractivity contribution in [3.63, 3.8) is 0 Å². The van der Waals surface area contributed by atoms with Gasteiger partial charge in [0.25, 0.3) is 0 Å². The van der Waals surface area contributed by atoms with E-state index in [0.29, 0.717) is 6.04 Å². The second-order valence-corrected chi connectivity index (χ2v) is 3.98. The maximum absolute atomic E-state index is 4.52. The zero-order valence-electron chi connectivity index (χ0n) is 9.59. The molecule has 1 heterocycles. The molecule has 1 aromatic rings. The zero-order chi connectivity index (χ0) is 10.8. The van der Waals surface area contributed by atoms with Crippen molar-refractivity contribution in [3.8, 4) is 0 Å². The van der Waals surface area contributed by atoms with Crippen molar-refractivity contribution in [3.05, 3.63) is 11.4 Å². The van der Waals surface area contributed by atoms with Crippen molar-refractivity contribution in [1.82, 2.24) is 9.97 Å². The van der Waals surface area contributed by atoms with Crippen LogP contribution in [0.2, 0.25) is 0 Å². The molecule has 82 valence electrons. The van der Waals surface area contributed by atoms with Crippen molar-refractivity contribution in [2.75, 3.05) is 17.7 Å². The summed E-state index contributed by atoms with van der Waals surface area (Å²) in [4.78, 5) is 8.95. The molecular formula is C11H18N4. The number of nitrogens with zero attached hydrogens (tertiary/aromatic N) is 2. The fraction of sp³-hybridized carbons (Fsp3) is 0.636. The Balaban J connectivity index is 2.31. The first kappa shape index (κ1) is 10.2. The Bertz CT molecular complexity index is 358. The van der Waals surface area contributed by atoms with Crippen LogP contribution in [0.5, 0.6) is 0 Å². The summed E-state index contributed by atoms with van der Waals surface area (Å²) >= 11 is 0. The van der Waals surface area contributed by atoms with Crippen LogP contribution in [0.4, 0.5) is 11.6 Å². The number of rotatable bonds is 4. The van der Waals surface area contributed by atoms with Crippen LogP contribution in [0.3, 0.4) is 0 Å². The van der Waals surface area contributed by atoms with Crippen LogP contribution in [-0.2, 0) is 6.42 Å². The van der Waals surface area contributed by atoms with E-state index < -0.39 is 0 Å². The van der Waals surface area contributed by atoms with Gasteiger partial charge >= 0.3 is 0 Å². The third-order valence-corrected chi connectivity index (χ3v) is 2.66. The zero-order valence-corrected chi connectivity index (χ0v) is 9.59. The van der Waals surface area contributed by atoms with Gasteiger partial charge in [-0.2, -0.15) is 0 Å². The highest BCUT2D eigenvalue weighted by Crippen LogP contribution is 2.27. The van der Waals surface area contributed by atoms with Gasteiger partial charge in [0.1, 0.15) is 17.5 Å². The summed E-state index contributed by atoms with van der Waals surface area (Å²) < 4.78 is 0. The molecule has 0 spiro atoms. The van der Waals surface area contributed by atoms with Gasteiger partial charge in [-0.1, -0.05) is 6.92 Å². The Kier molecular flexibility index (Phi) is 2.75. The molecule has 2 rings (SSSR count). The van der Waals surface area contributed by atoms with Crippen LogP contribution in [0.15, 0.2) is 0 Å². The molecule has 0 aromatic carbocycles. The van der Waals surface area contributed by atoms with Crippen molar-refractivity contribution in [2.45, 2.75) is 39.2 Å². The van der Waals surface area contributed by atoms with Crippen LogP contribution in [0, 0.1) is 6.92 Å². The number of aryl methyl sites for hydroxylation is 1. The predicted molar refractivity (Wildman–Crippen MR) is 62.3 cm³/mol. The van der Waals surface area contributed by atoms with Crippen LogP contribution in [0.1, 0.15) is 31.2 Å². The Morgan fingerprint density at radius 3 is 2.47 bits per heavy atom. The highest BCUT2D eigenvalue weighted by Gasteiger charge is 2.23. The molecule has 1 fully saturated rings. The summed E-state index contributed by atoms with van der Waals surface area (Å²) in [6.45, 7) is 4.13. The van der Waals surface area contributed by atoms with Crippen molar-refractivity contribution >= 4 is 11.6 Å². The maximum Gasteiger partial charge on any atom is 0.134 e. The number of hydrogen-bond acceptors (Lipinski definition) is 4. The van der Waals surface area contributed by atoms with Gasteiger partial charge in [-0.15, -0.1) is 0 Å². The van der Waals surface area contributed by atoms with Gasteiger partial charge in [0.15, 0.2) is 0 Å². The molecule has 0 aliphatic heterocycles. The summed E-state index contributed by atoms with van der Waals surface area (Å²) in [5.74, 6) is 2.83. The fourth-order valence-electron chi connectivity index (χ4n) is 1.53. The summed E-state index contributed by atoms with van der Waals surface area (Å²) in [5, 5.41) is 6.56. The van der Waals surface area contributed by atoms with Gasteiger partial charge in [-0.25, -0.2) is 9.97 Å². The Labute approximate surface area is 90.5 Å². The lowest BCUT2D eigenvalue weighted by molar-refractivity contribution is 0.924. The lowest BCUT2D eigenvalue weighted by Gasteiger charge is -2.12. The lowest BCUT2D eigenvalue weighted by Crippen LogP contribution is -2.10. The average molecular weight is 206 g/mol. The quantitative estimate of drug-likeness (QED) is 0.790. The van der Waals surface area contributed by atoms with Crippen LogP contribution >= 0.6 is 0 Å². The van der Waals surface area contributed by atoms with Crippen LogP contribution < -0.4 is 10.6 Å². The fourth-order valence-corrected chi connectivity index (χ4v) is 1.53. The van der Waals surface area contributed by atoms with E-state index in [4.69, 9.17) is 0 Å². The molecule has 15 heavy (non-hydrogen) atoms. The molecule has 0 radical (unpaired) electrons. The topological polar surface area (TPSA) is 49.8 Å². The molecule has 1 aliphatic carbocycles. The Morgan fingerprint density at radius 2 is 1.93 bits per heavy atom. The highest BCUT2D eigenvalue weighted by atomic mass is 15.1. The molecule has 1 saturated carbocycles. The van der Waals surface area contributed by atoms with Gasteiger partial charge in [0.2, 0.25) is 0 Å². The second-order valence-electron chi connectivity index (χ2n) is 3.98. The molecule has 0 atom stereocenters. The minimum Gasteiger partial charge on any atom is -0.373 e. The highest BCUT2D eigenvalue weighted by molar-refractivity contribution is 5.57. The standard InChI is InChI=1S/C11H18N4/c1-4-9-14-10(12-3)7(2)11(15-9)13-8-5-6-8/h8H,4-6H2,1-3H3,(H2,12,13,14,15). The predicted octanol–water partition coefficient (Wildman–Crippen LogP) is 1.96. The number of nitrogens with one attached hydrogen (secondary N) is 2. The van der Waals surface area contributed by atoms with Crippen LogP contribution in [-0.4, -0.2) is 23.1 Å². The average Bonchev–Trinajstić information content (AvgIpc) is 3.05. The first-order valence-electron chi connectivity index (χ1n) is 5.56. The van der Waals surface area contributed by atoms with Gasteiger partial charge in [0, 0.05) is 25.1 Å². The van der Waals surface area contributed by atoms with E-state index in [0.717, 1.165) is 29.4 Å². The molecular weight excluding hydrogens is 188 g/mol. The molecule has 1 aliphatic rings. The van der Waals surface area contributed by atoms with E-state index in [1.165, 1.54) is 12.8 Å². The van der Waals surface area contributed by atoms with Gasteiger partial charge in [-0.05, 0) is 19.8 Å². The molecule has 4 nitrogen and oxygen atoms in total. The van der Waals surface area contributed by atoms with E-state index in [1.54, 1.807) is 0 Å². The minimum atomic E-state index is 0.632. The molecule has 2 N–H and O–H groups in total. The van der Waals surface area contributed by atoms with Gasteiger partial charge in [-0.3, -0.25) is 0 Å². The molecule has 0 unspecified atom stereocenters. The van der Waals surface area contributed by atoms with Gasteiger partial charge < -0.3 is 10.6 Å². The first-order chi connectivity index (χ1) is 7.24. The van der Waals surface area contributed by atoms with Gasteiger partial charge in [0.05, 0.1) is 0 Å². The van der Waals surface area contributed by atoms with Crippen molar-refractivity contribution < 1.29 is 0 Å². The smallest absolute Gasteiger partial charge is 0.134 e. The molecule has 1 aromatic heterocycles. The van der Waals surface area contributed by atoms with E-state index in [9.17, 15) is 0 Å². The SMILES string of the molecule is CCc1nc(NC)c(C)c(NC2CC2)n1. The monoisotopic (exact) mass is 206 g/mol. The Hall–Kier alpha value is -1.32. The summed E-state index contributed by atoms with van der Waals surface area (Å²) in [7, 11) is 1.90. The van der Waals surface area contributed by atoms with E-state index in [2.05, 4.69) is 34.4 Å². The van der Waals surface area contributed by atoms with Crippen molar-refractivity contribution in [2.24, 2.45) is 0 Å². The number of anilines is 2.